The Hall–Kier alpha value is -0.130. The van der Waals surface area contributed by atoms with Crippen molar-refractivity contribution in [3.8, 4) is 0 Å². The molecule has 0 aromatic rings. The molecule has 106 valence electrons. The van der Waals surface area contributed by atoms with Crippen molar-refractivity contribution in [3.63, 3.8) is 0 Å². The largest absolute Gasteiger partial charge is 0.393 e. The lowest BCUT2D eigenvalue weighted by atomic mass is 9.84. The molecule has 4 nitrogen and oxygen atoms in total. The number of rotatable bonds is 4. The van der Waals surface area contributed by atoms with Crippen molar-refractivity contribution in [1.29, 1.82) is 0 Å². The van der Waals surface area contributed by atoms with E-state index in [2.05, 4.69) is 4.90 Å². The van der Waals surface area contributed by atoms with Crippen LogP contribution in [0.5, 0.6) is 0 Å². The molecule has 1 unspecified atom stereocenters. The van der Waals surface area contributed by atoms with Crippen molar-refractivity contribution in [2.24, 2.45) is 5.92 Å². The van der Waals surface area contributed by atoms with Gasteiger partial charge in [0, 0.05) is 19.6 Å². The molecule has 1 heterocycles. The molecule has 18 heavy (non-hydrogen) atoms. The summed E-state index contributed by atoms with van der Waals surface area (Å²) >= 11 is 0. The Morgan fingerprint density at radius 3 is 2.33 bits per heavy atom. The third kappa shape index (κ3) is 4.21. The molecule has 2 rings (SSSR count). The molecular formula is C13H25NO3S. The highest BCUT2D eigenvalue weighted by molar-refractivity contribution is 7.91. The van der Waals surface area contributed by atoms with Crippen LogP contribution in [0.3, 0.4) is 0 Å². The summed E-state index contributed by atoms with van der Waals surface area (Å²) < 4.78 is 22.6. The van der Waals surface area contributed by atoms with Crippen LogP contribution in [0.25, 0.3) is 0 Å². The van der Waals surface area contributed by atoms with E-state index in [1.54, 1.807) is 0 Å². The molecule has 2 aliphatic rings. The van der Waals surface area contributed by atoms with Gasteiger partial charge in [0.2, 0.25) is 0 Å². The first-order valence-electron chi connectivity index (χ1n) is 7.18. The maximum atomic E-state index is 11.3. The Morgan fingerprint density at radius 1 is 1.11 bits per heavy atom. The minimum absolute atomic E-state index is 0.191. The van der Waals surface area contributed by atoms with Gasteiger partial charge in [-0.2, -0.15) is 0 Å². The first-order chi connectivity index (χ1) is 8.57. The first kappa shape index (κ1) is 14.3. The molecule has 5 heteroatoms. The summed E-state index contributed by atoms with van der Waals surface area (Å²) in [5.41, 5.74) is 0. The van der Waals surface area contributed by atoms with Crippen LogP contribution in [0.4, 0.5) is 0 Å². The van der Waals surface area contributed by atoms with Gasteiger partial charge < -0.3 is 10.0 Å². The van der Waals surface area contributed by atoms with Crippen LogP contribution in [0.15, 0.2) is 0 Å². The molecule has 1 atom stereocenters. The molecule has 1 aliphatic heterocycles. The normalized spacial score (nSPS) is 28.1. The monoisotopic (exact) mass is 275 g/mol. The van der Waals surface area contributed by atoms with Gasteiger partial charge in [0.25, 0.3) is 0 Å². The van der Waals surface area contributed by atoms with Gasteiger partial charge in [-0.3, -0.25) is 0 Å². The summed E-state index contributed by atoms with van der Waals surface area (Å²) in [6.45, 7) is 2.12. The zero-order valence-corrected chi connectivity index (χ0v) is 11.9. The van der Waals surface area contributed by atoms with E-state index >= 15 is 0 Å². The molecule has 0 aromatic heterocycles. The van der Waals surface area contributed by atoms with Crippen LogP contribution >= 0.6 is 0 Å². The second-order valence-corrected chi connectivity index (χ2v) is 8.05. The van der Waals surface area contributed by atoms with E-state index in [1.807, 2.05) is 0 Å². The third-order valence-corrected chi connectivity index (χ3v) is 5.98. The predicted octanol–water partition coefficient (Wildman–Crippen LogP) is 1.05. The van der Waals surface area contributed by atoms with Gasteiger partial charge in [0.15, 0.2) is 9.84 Å². The minimum atomic E-state index is -2.78. The van der Waals surface area contributed by atoms with Crippen molar-refractivity contribution in [2.45, 2.75) is 44.6 Å². The minimum Gasteiger partial charge on any atom is -0.393 e. The smallest absolute Gasteiger partial charge is 0.152 e. The first-order valence-corrected chi connectivity index (χ1v) is 9.00. The quantitative estimate of drug-likeness (QED) is 0.833. The fraction of sp³-hybridized carbons (Fsp3) is 1.00. The molecule has 1 aliphatic carbocycles. The van der Waals surface area contributed by atoms with Crippen LogP contribution in [0, 0.1) is 5.92 Å². The highest BCUT2D eigenvalue weighted by Gasteiger charge is 2.24. The number of hydrogen-bond acceptors (Lipinski definition) is 4. The van der Waals surface area contributed by atoms with Crippen molar-refractivity contribution in [1.82, 2.24) is 4.90 Å². The van der Waals surface area contributed by atoms with E-state index in [4.69, 9.17) is 0 Å². The standard InChI is InChI=1S/C13H25NO3S/c15-13(12-4-2-1-3-5-12)6-7-14-8-10-18(16,17)11-9-14/h12-13,15H,1-11H2. The Bertz CT molecular complexity index is 335. The van der Waals surface area contributed by atoms with Gasteiger partial charge in [-0.05, 0) is 25.2 Å². The van der Waals surface area contributed by atoms with E-state index in [0.717, 1.165) is 25.8 Å². The van der Waals surface area contributed by atoms with Crippen molar-refractivity contribution >= 4 is 9.84 Å². The highest BCUT2D eigenvalue weighted by atomic mass is 32.2. The maximum Gasteiger partial charge on any atom is 0.152 e. The van der Waals surface area contributed by atoms with Crippen LogP contribution in [-0.2, 0) is 9.84 Å². The molecule has 0 bridgehead atoms. The van der Waals surface area contributed by atoms with E-state index in [-0.39, 0.29) is 17.6 Å². The van der Waals surface area contributed by atoms with Crippen LogP contribution < -0.4 is 0 Å². The summed E-state index contributed by atoms with van der Waals surface area (Å²) in [5, 5.41) is 10.2. The highest BCUT2D eigenvalue weighted by Crippen LogP contribution is 2.27. The average Bonchev–Trinajstić information content (AvgIpc) is 2.38. The summed E-state index contributed by atoms with van der Waals surface area (Å²) in [6, 6.07) is 0. The second-order valence-electron chi connectivity index (χ2n) is 5.75. The number of aliphatic hydroxyl groups is 1. The zero-order chi connectivity index (χ0) is 13.0. The third-order valence-electron chi connectivity index (χ3n) is 4.37. The van der Waals surface area contributed by atoms with E-state index in [0.29, 0.717) is 19.0 Å². The fourth-order valence-corrected chi connectivity index (χ4v) is 4.32. The Kier molecular flexibility index (Phi) is 5.04. The zero-order valence-electron chi connectivity index (χ0n) is 11.1. The summed E-state index contributed by atoms with van der Waals surface area (Å²) in [4.78, 5) is 2.17. The van der Waals surface area contributed by atoms with Crippen LogP contribution in [-0.4, -0.2) is 55.7 Å². The molecule has 0 radical (unpaired) electrons. The van der Waals surface area contributed by atoms with E-state index < -0.39 is 9.84 Å². The summed E-state index contributed by atoms with van der Waals surface area (Å²) in [6.07, 6.45) is 6.75. The lowest BCUT2D eigenvalue weighted by Crippen LogP contribution is -2.41. The molecule has 0 amide bonds. The molecule has 2 fully saturated rings. The maximum absolute atomic E-state index is 11.3. The lowest BCUT2D eigenvalue weighted by Gasteiger charge is -2.30. The SMILES string of the molecule is O=S1(=O)CCN(CCC(O)C2CCCCC2)CC1. The van der Waals surface area contributed by atoms with Gasteiger partial charge in [-0.1, -0.05) is 19.3 Å². The number of hydrogen-bond donors (Lipinski definition) is 1. The topological polar surface area (TPSA) is 57.6 Å². The molecular weight excluding hydrogens is 250 g/mol. The average molecular weight is 275 g/mol. The predicted molar refractivity (Wildman–Crippen MR) is 72.3 cm³/mol. The van der Waals surface area contributed by atoms with Crippen LogP contribution in [0.2, 0.25) is 0 Å². The van der Waals surface area contributed by atoms with Gasteiger partial charge in [0.1, 0.15) is 0 Å². The van der Waals surface area contributed by atoms with Gasteiger partial charge >= 0.3 is 0 Å². The number of nitrogens with zero attached hydrogens (tertiary/aromatic N) is 1. The van der Waals surface area contributed by atoms with Crippen molar-refractivity contribution in [2.75, 3.05) is 31.1 Å². The molecule has 0 spiro atoms. The molecule has 0 aromatic carbocycles. The van der Waals surface area contributed by atoms with Crippen LogP contribution in [0.1, 0.15) is 38.5 Å². The number of aliphatic hydroxyl groups excluding tert-OH is 1. The Balaban J connectivity index is 1.68. The van der Waals surface area contributed by atoms with E-state index in [9.17, 15) is 13.5 Å². The molecule has 1 N–H and O–H groups in total. The second kappa shape index (κ2) is 6.35. The van der Waals surface area contributed by atoms with Gasteiger partial charge in [-0.25, -0.2) is 8.42 Å². The Morgan fingerprint density at radius 2 is 1.72 bits per heavy atom. The van der Waals surface area contributed by atoms with E-state index in [1.165, 1.54) is 19.3 Å². The summed E-state index contributed by atoms with van der Waals surface area (Å²) in [7, 11) is -2.78. The van der Waals surface area contributed by atoms with Gasteiger partial charge in [0.05, 0.1) is 17.6 Å². The lowest BCUT2D eigenvalue weighted by molar-refractivity contribution is 0.0669. The fourth-order valence-electron chi connectivity index (χ4n) is 3.04. The molecule has 1 saturated carbocycles. The van der Waals surface area contributed by atoms with Gasteiger partial charge in [-0.15, -0.1) is 0 Å². The summed E-state index contributed by atoms with van der Waals surface area (Å²) in [5.74, 6) is 1.05. The Labute approximate surface area is 110 Å². The molecule has 1 saturated heterocycles. The van der Waals surface area contributed by atoms with Crippen molar-refractivity contribution in [3.05, 3.63) is 0 Å². The number of sulfone groups is 1. The van der Waals surface area contributed by atoms with Crippen molar-refractivity contribution < 1.29 is 13.5 Å².